The number of anilines is 1. The Balaban J connectivity index is 0.000000399. The van der Waals surface area contributed by atoms with Gasteiger partial charge in [-0.15, -0.1) is 0 Å². The molecular formula is C14H17ClN4. The fourth-order valence-corrected chi connectivity index (χ4v) is 1.40. The number of nitrogens with one attached hydrogen (secondary N) is 3. The van der Waals surface area contributed by atoms with Gasteiger partial charge < -0.3 is 10.6 Å². The van der Waals surface area contributed by atoms with E-state index in [1.807, 2.05) is 37.4 Å². The van der Waals surface area contributed by atoms with Crippen LogP contribution >= 0.6 is 11.6 Å². The summed E-state index contributed by atoms with van der Waals surface area (Å²) in [5.74, 6) is 0.745. The van der Waals surface area contributed by atoms with Crippen molar-refractivity contribution >= 4 is 17.4 Å². The summed E-state index contributed by atoms with van der Waals surface area (Å²) in [7, 11) is 1.81. The Hall–Kier alpha value is -2.20. The maximum Gasteiger partial charge on any atom is 0.152 e. The first-order chi connectivity index (χ1) is 9.21. The molecule has 1 aromatic heterocycles. The molecule has 0 bridgehead atoms. The zero-order valence-corrected chi connectivity index (χ0v) is 11.5. The van der Waals surface area contributed by atoms with E-state index in [0.717, 1.165) is 22.1 Å². The van der Waals surface area contributed by atoms with Gasteiger partial charge in [0.2, 0.25) is 0 Å². The largest absolute Gasteiger partial charge is 0.394 e. The number of H-pyrrole nitrogens is 1. The van der Waals surface area contributed by atoms with Crippen LogP contribution in [0, 0.1) is 0 Å². The molecule has 0 unspecified atom stereocenters. The molecule has 3 N–H and O–H groups in total. The van der Waals surface area contributed by atoms with Crippen molar-refractivity contribution in [1.29, 1.82) is 0 Å². The lowest BCUT2D eigenvalue weighted by molar-refractivity contribution is 1.10. The highest BCUT2D eigenvalue weighted by Crippen LogP contribution is 2.21. The zero-order chi connectivity index (χ0) is 14.1. The number of hydrogen-bond acceptors (Lipinski definition) is 3. The molecule has 0 radical (unpaired) electrons. The number of aromatic amines is 1. The van der Waals surface area contributed by atoms with Crippen molar-refractivity contribution in [2.45, 2.75) is 0 Å². The van der Waals surface area contributed by atoms with Crippen molar-refractivity contribution < 1.29 is 0 Å². The van der Waals surface area contributed by atoms with Crippen LogP contribution in [-0.2, 0) is 0 Å². The van der Waals surface area contributed by atoms with Crippen LogP contribution in [-0.4, -0.2) is 17.2 Å². The molecule has 1 aromatic carbocycles. The molecule has 0 saturated heterocycles. The molecule has 1 heterocycles. The smallest absolute Gasteiger partial charge is 0.152 e. The first kappa shape index (κ1) is 14.9. The molecule has 5 heteroatoms. The molecule has 0 amide bonds. The van der Waals surface area contributed by atoms with Gasteiger partial charge in [-0.05, 0) is 30.1 Å². The number of nitrogens with zero attached hydrogens (tertiary/aromatic N) is 1. The minimum atomic E-state index is 0.725. The zero-order valence-electron chi connectivity index (χ0n) is 10.8. The Morgan fingerprint density at radius 3 is 2.37 bits per heavy atom. The van der Waals surface area contributed by atoms with Crippen LogP contribution in [0.25, 0.3) is 11.3 Å². The van der Waals surface area contributed by atoms with E-state index in [0.29, 0.717) is 0 Å². The number of hydrogen-bond donors (Lipinski definition) is 3. The number of aromatic nitrogens is 2. The first-order valence-electron chi connectivity index (χ1n) is 5.68. The molecule has 19 heavy (non-hydrogen) atoms. The molecule has 2 rings (SSSR count). The number of benzene rings is 1. The SMILES string of the molecule is C=CNC.C=CNc1cc(-c2ccc(Cl)cc2)[nH]n1. The van der Waals surface area contributed by atoms with Gasteiger partial charge in [0, 0.05) is 18.1 Å². The van der Waals surface area contributed by atoms with Crippen molar-refractivity contribution in [3.8, 4) is 11.3 Å². The molecule has 0 saturated carbocycles. The van der Waals surface area contributed by atoms with Crippen molar-refractivity contribution in [3.05, 3.63) is 60.9 Å². The highest BCUT2D eigenvalue weighted by molar-refractivity contribution is 6.30. The van der Waals surface area contributed by atoms with Gasteiger partial charge in [-0.3, -0.25) is 5.10 Å². The second kappa shape index (κ2) is 8.00. The van der Waals surface area contributed by atoms with Crippen molar-refractivity contribution in [1.82, 2.24) is 15.5 Å². The standard InChI is InChI=1S/C11H10ClN3.C3H7N/c1-2-13-11-7-10(14-15-11)8-3-5-9(12)6-4-8;1-3-4-2/h2-7H,1H2,(H2,13,14,15);3-4H,1H2,2H3. The lowest BCUT2D eigenvalue weighted by Gasteiger charge is -1.95. The van der Waals surface area contributed by atoms with Crippen molar-refractivity contribution in [2.75, 3.05) is 12.4 Å². The summed E-state index contributed by atoms with van der Waals surface area (Å²) in [6, 6.07) is 9.47. The summed E-state index contributed by atoms with van der Waals surface area (Å²) in [6.07, 6.45) is 3.21. The predicted octanol–water partition coefficient (Wildman–Crippen LogP) is 3.63. The molecule has 100 valence electrons. The average molecular weight is 277 g/mol. The number of rotatable bonds is 4. The highest BCUT2D eigenvalue weighted by Gasteiger charge is 2.01. The summed E-state index contributed by atoms with van der Waals surface area (Å²) < 4.78 is 0. The van der Waals surface area contributed by atoms with E-state index in [-0.39, 0.29) is 0 Å². The van der Waals surface area contributed by atoms with E-state index in [4.69, 9.17) is 11.6 Å². The normalized spacial score (nSPS) is 8.95. The van der Waals surface area contributed by atoms with Gasteiger partial charge in [-0.25, -0.2) is 0 Å². The summed E-state index contributed by atoms with van der Waals surface area (Å²) >= 11 is 5.80. The molecule has 0 spiro atoms. The van der Waals surface area contributed by atoms with E-state index >= 15 is 0 Å². The first-order valence-corrected chi connectivity index (χ1v) is 6.06. The van der Waals surface area contributed by atoms with Gasteiger partial charge >= 0.3 is 0 Å². The summed E-state index contributed by atoms with van der Waals surface area (Å²) in [6.45, 7) is 6.94. The Bertz CT molecular complexity index is 516. The van der Waals surface area contributed by atoms with Crippen LogP contribution in [0.1, 0.15) is 0 Å². The Morgan fingerprint density at radius 2 is 1.84 bits per heavy atom. The van der Waals surface area contributed by atoms with Crippen LogP contribution in [0.4, 0.5) is 5.82 Å². The van der Waals surface area contributed by atoms with E-state index < -0.39 is 0 Å². The van der Waals surface area contributed by atoms with Crippen LogP contribution in [0.3, 0.4) is 0 Å². The van der Waals surface area contributed by atoms with Gasteiger partial charge in [0.1, 0.15) is 0 Å². The topological polar surface area (TPSA) is 52.7 Å². The Morgan fingerprint density at radius 1 is 1.21 bits per heavy atom. The quantitative estimate of drug-likeness (QED) is 0.799. The molecule has 4 nitrogen and oxygen atoms in total. The number of halogens is 1. The Labute approximate surface area is 118 Å². The lowest BCUT2D eigenvalue weighted by atomic mass is 10.1. The average Bonchev–Trinajstić information content (AvgIpc) is 2.89. The summed E-state index contributed by atoms with van der Waals surface area (Å²) in [4.78, 5) is 0. The van der Waals surface area contributed by atoms with Gasteiger partial charge in [0.05, 0.1) is 5.69 Å². The second-order valence-corrected chi connectivity index (χ2v) is 3.95. The summed E-state index contributed by atoms with van der Waals surface area (Å²) in [5.41, 5.74) is 1.99. The summed E-state index contributed by atoms with van der Waals surface area (Å²) in [5, 5.41) is 13.3. The second-order valence-electron chi connectivity index (χ2n) is 3.52. The fraction of sp³-hybridized carbons (Fsp3) is 0.0714. The molecule has 0 aliphatic heterocycles. The minimum Gasteiger partial charge on any atom is -0.394 e. The maximum absolute atomic E-state index is 5.80. The van der Waals surface area contributed by atoms with E-state index in [1.54, 1.807) is 12.4 Å². The van der Waals surface area contributed by atoms with Gasteiger partial charge in [-0.1, -0.05) is 36.9 Å². The third kappa shape index (κ3) is 4.89. The van der Waals surface area contributed by atoms with Gasteiger partial charge in [0.15, 0.2) is 5.82 Å². The predicted molar refractivity (Wildman–Crippen MR) is 82.1 cm³/mol. The molecule has 0 aliphatic carbocycles. The van der Waals surface area contributed by atoms with Crippen LogP contribution in [0.2, 0.25) is 5.02 Å². The lowest BCUT2D eigenvalue weighted by Crippen LogP contribution is -1.87. The van der Waals surface area contributed by atoms with Gasteiger partial charge in [-0.2, -0.15) is 5.10 Å². The highest BCUT2D eigenvalue weighted by atomic mass is 35.5. The third-order valence-corrected chi connectivity index (χ3v) is 2.44. The van der Waals surface area contributed by atoms with E-state index in [9.17, 15) is 0 Å². The van der Waals surface area contributed by atoms with E-state index in [1.165, 1.54) is 0 Å². The van der Waals surface area contributed by atoms with Crippen molar-refractivity contribution in [2.24, 2.45) is 0 Å². The molecule has 0 atom stereocenters. The fourth-order valence-electron chi connectivity index (χ4n) is 1.28. The minimum absolute atomic E-state index is 0.725. The van der Waals surface area contributed by atoms with Crippen LogP contribution < -0.4 is 10.6 Å². The third-order valence-electron chi connectivity index (χ3n) is 2.19. The van der Waals surface area contributed by atoms with E-state index in [2.05, 4.69) is 34.0 Å². The van der Waals surface area contributed by atoms with Gasteiger partial charge in [0.25, 0.3) is 0 Å². The van der Waals surface area contributed by atoms with Crippen LogP contribution in [0.15, 0.2) is 55.9 Å². The molecule has 0 aliphatic rings. The van der Waals surface area contributed by atoms with Crippen LogP contribution in [0.5, 0.6) is 0 Å². The Kier molecular flexibility index (Phi) is 6.26. The molecule has 2 aromatic rings. The van der Waals surface area contributed by atoms with Crippen molar-refractivity contribution in [3.63, 3.8) is 0 Å². The maximum atomic E-state index is 5.80. The molecule has 0 fully saturated rings. The monoisotopic (exact) mass is 276 g/mol. The molecular weight excluding hydrogens is 260 g/mol.